The first-order chi connectivity index (χ1) is 8.29. The molecule has 92 valence electrons. The second-order valence-electron chi connectivity index (χ2n) is 3.87. The van der Waals surface area contributed by atoms with Gasteiger partial charge in [0.05, 0.1) is 19.3 Å². The van der Waals surface area contributed by atoms with E-state index in [0.717, 1.165) is 5.56 Å². The zero-order valence-electron chi connectivity index (χ0n) is 9.33. The molecular formula is C12H15NO4. The van der Waals surface area contributed by atoms with Gasteiger partial charge in [-0.25, -0.2) is 4.79 Å². The number of rotatable bonds is 4. The quantitative estimate of drug-likeness (QED) is 0.807. The molecule has 0 spiro atoms. The summed E-state index contributed by atoms with van der Waals surface area (Å²) in [5, 5.41) is 11.5. The van der Waals surface area contributed by atoms with Gasteiger partial charge in [0.15, 0.2) is 0 Å². The van der Waals surface area contributed by atoms with E-state index >= 15 is 0 Å². The monoisotopic (exact) mass is 237 g/mol. The Morgan fingerprint density at radius 3 is 2.82 bits per heavy atom. The van der Waals surface area contributed by atoms with Gasteiger partial charge in [0.2, 0.25) is 0 Å². The molecule has 1 fully saturated rings. The molecule has 2 N–H and O–H groups in total. The first-order valence-electron chi connectivity index (χ1n) is 5.49. The Kier molecular flexibility index (Phi) is 3.95. The molecule has 2 atom stereocenters. The summed E-state index contributed by atoms with van der Waals surface area (Å²) < 4.78 is 10.1. The fourth-order valence-corrected chi connectivity index (χ4v) is 1.56. The minimum atomic E-state index is -0.486. The van der Waals surface area contributed by atoms with E-state index in [2.05, 4.69) is 5.32 Å². The molecule has 0 aliphatic carbocycles. The van der Waals surface area contributed by atoms with Crippen LogP contribution in [0.15, 0.2) is 30.3 Å². The zero-order valence-corrected chi connectivity index (χ0v) is 9.33. The molecule has 0 bridgehead atoms. The van der Waals surface area contributed by atoms with Crippen molar-refractivity contribution >= 4 is 6.09 Å². The van der Waals surface area contributed by atoms with Crippen molar-refractivity contribution in [3.63, 3.8) is 0 Å². The number of aliphatic hydroxyl groups excluding tert-OH is 1. The molecule has 5 nitrogen and oxygen atoms in total. The van der Waals surface area contributed by atoms with E-state index in [1.807, 2.05) is 30.3 Å². The maximum Gasteiger partial charge on any atom is 0.407 e. The lowest BCUT2D eigenvalue weighted by Gasteiger charge is -2.35. The summed E-state index contributed by atoms with van der Waals surface area (Å²) in [6, 6.07) is 9.30. The summed E-state index contributed by atoms with van der Waals surface area (Å²) in [5.41, 5.74) is 0.936. The van der Waals surface area contributed by atoms with Crippen LogP contribution in [0.5, 0.6) is 0 Å². The minimum Gasteiger partial charge on any atom is -0.445 e. The molecular weight excluding hydrogens is 222 g/mol. The number of carbonyl (C=O) groups excluding carboxylic acids is 1. The highest BCUT2D eigenvalue weighted by Crippen LogP contribution is 2.11. The van der Waals surface area contributed by atoms with Crippen molar-refractivity contribution in [2.75, 3.05) is 13.2 Å². The van der Waals surface area contributed by atoms with Crippen LogP contribution in [-0.4, -0.2) is 36.6 Å². The summed E-state index contributed by atoms with van der Waals surface area (Å²) in [7, 11) is 0. The normalized spacial score (nSPS) is 22.6. The third-order valence-electron chi connectivity index (χ3n) is 2.63. The van der Waals surface area contributed by atoms with Crippen molar-refractivity contribution in [1.82, 2.24) is 5.32 Å². The van der Waals surface area contributed by atoms with Crippen LogP contribution in [0.25, 0.3) is 0 Å². The van der Waals surface area contributed by atoms with Gasteiger partial charge in [-0.2, -0.15) is 0 Å². The molecule has 1 saturated heterocycles. The Morgan fingerprint density at radius 2 is 2.24 bits per heavy atom. The van der Waals surface area contributed by atoms with E-state index in [9.17, 15) is 4.79 Å². The van der Waals surface area contributed by atoms with Gasteiger partial charge in [0.1, 0.15) is 12.7 Å². The van der Waals surface area contributed by atoms with Crippen LogP contribution in [-0.2, 0) is 16.1 Å². The van der Waals surface area contributed by atoms with E-state index in [4.69, 9.17) is 14.6 Å². The van der Waals surface area contributed by atoms with Gasteiger partial charge in [-0.1, -0.05) is 30.3 Å². The highest BCUT2D eigenvalue weighted by molar-refractivity contribution is 5.67. The Bertz CT molecular complexity index is 366. The third-order valence-corrected chi connectivity index (χ3v) is 2.63. The Labute approximate surface area is 99.3 Å². The van der Waals surface area contributed by atoms with Crippen LogP contribution in [0.2, 0.25) is 0 Å². The summed E-state index contributed by atoms with van der Waals surface area (Å²) in [5.74, 6) is 0. The maximum atomic E-state index is 11.4. The smallest absolute Gasteiger partial charge is 0.407 e. The molecule has 2 rings (SSSR count). The van der Waals surface area contributed by atoms with Gasteiger partial charge in [-0.05, 0) is 5.56 Å². The number of benzene rings is 1. The number of hydrogen-bond donors (Lipinski definition) is 2. The van der Waals surface area contributed by atoms with Crippen LogP contribution in [0.1, 0.15) is 5.56 Å². The SMILES string of the molecule is O=C(N[C@H]1CO[C@H]1CO)OCc1ccccc1. The van der Waals surface area contributed by atoms with Gasteiger partial charge < -0.3 is 19.9 Å². The van der Waals surface area contributed by atoms with E-state index in [1.54, 1.807) is 0 Å². The molecule has 0 aromatic heterocycles. The van der Waals surface area contributed by atoms with Gasteiger partial charge >= 0.3 is 6.09 Å². The summed E-state index contributed by atoms with van der Waals surface area (Å²) >= 11 is 0. The molecule has 17 heavy (non-hydrogen) atoms. The Morgan fingerprint density at radius 1 is 1.47 bits per heavy atom. The second-order valence-corrected chi connectivity index (χ2v) is 3.87. The number of alkyl carbamates (subject to hydrolysis) is 1. The molecule has 1 aliphatic heterocycles. The lowest BCUT2D eigenvalue weighted by molar-refractivity contribution is -0.107. The van der Waals surface area contributed by atoms with E-state index in [1.165, 1.54) is 0 Å². The number of hydrogen-bond acceptors (Lipinski definition) is 4. The highest BCUT2D eigenvalue weighted by atomic mass is 16.6. The average molecular weight is 237 g/mol. The van der Waals surface area contributed by atoms with Crippen molar-refractivity contribution in [1.29, 1.82) is 0 Å². The highest BCUT2D eigenvalue weighted by Gasteiger charge is 2.33. The van der Waals surface area contributed by atoms with E-state index in [0.29, 0.717) is 6.61 Å². The van der Waals surface area contributed by atoms with Crippen LogP contribution in [0, 0.1) is 0 Å². The predicted molar refractivity (Wildman–Crippen MR) is 60.4 cm³/mol. The van der Waals surface area contributed by atoms with Crippen molar-refractivity contribution in [3.8, 4) is 0 Å². The second kappa shape index (κ2) is 5.65. The minimum absolute atomic E-state index is 0.0936. The summed E-state index contributed by atoms with van der Waals surface area (Å²) in [6.45, 7) is 0.569. The molecule has 1 aromatic rings. The molecule has 1 amide bonds. The van der Waals surface area contributed by atoms with Gasteiger partial charge in [-0.3, -0.25) is 0 Å². The van der Waals surface area contributed by atoms with Crippen LogP contribution in [0.3, 0.4) is 0 Å². The maximum absolute atomic E-state index is 11.4. The third kappa shape index (κ3) is 3.18. The van der Waals surface area contributed by atoms with Gasteiger partial charge in [0, 0.05) is 0 Å². The van der Waals surface area contributed by atoms with Crippen molar-refractivity contribution in [2.24, 2.45) is 0 Å². The largest absolute Gasteiger partial charge is 0.445 e. The number of carbonyl (C=O) groups is 1. The predicted octanol–water partition coefficient (Wildman–Crippen LogP) is 0.672. The van der Waals surface area contributed by atoms with Crippen molar-refractivity contribution in [3.05, 3.63) is 35.9 Å². The molecule has 0 radical (unpaired) electrons. The van der Waals surface area contributed by atoms with Crippen LogP contribution < -0.4 is 5.32 Å². The first kappa shape index (κ1) is 11.9. The van der Waals surface area contributed by atoms with E-state index in [-0.39, 0.29) is 25.4 Å². The molecule has 0 unspecified atom stereocenters. The number of ether oxygens (including phenoxy) is 2. The van der Waals surface area contributed by atoms with E-state index < -0.39 is 6.09 Å². The van der Waals surface area contributed by atoms with Crippen LogP contribution >= 0.6 is 0 Å². The molecule has 1 heterocycles. The zero-order chi connectivity index (χ0) is 12.1. The lowest BCUT2D eigenvalue weighted by atomic mass is 10.1. The van der Waals surface area contributed by atoms with Gasteiger partial charge in [0.25, 0.3) is 0 Å². The van der Waals surface area contributed by atoms with Crippen LogP contribution in [0.4, 0.5) is 4.79 Å². The lowest BCUT2D eigenvalue weighted by Crippen LogP contribution is -2.57. The van der Waals surface area contributed by atoms with Gasteiger partial charge in [-0.15, -0.1) is 0 Å². The average Bonchev–Trinajstić information content (AvgIpc) is 2.34. The first-order valence-corrected chi connectivity index (χ1v) is 5.49. The molecule has 0 saturated carbocycles. The Hall–Kier alpha value is -1.59. The van der Waals surface area contributed by atoms with Crippen molar-refractivity contribution < 1.29 is 19.4 Å². The topological polar surface area (TPSA) is 67.8 Å². The fraction of sp³-hybridized carbons (Fsp3) is 0.417. The molecule has 1 aromatic carbocycles. The standard InChI is InChI=1S/C12H15NO4/c14-6-11-10(8-16-11)13-12(15)17-7-9-4-2-1-3-5-9/h1-5,10-11,14H,6-8H2,(H,13,15)/t10-,11-/m0/s1. The summed E-state index contributed by atoms with van der Waals surface area (Å²) in [4.78, 5) is 11.4. The molecule has 1 aliphatic rings. The summed E-state index contributed by atoms with van der Waals surface area (Å²) in [6.07, 6.45) is -0.792. The number of amides is 1. The number of aliphatic hydroxyl groups is 1. The Balaban J connectivity index is 1.71. The van der Waals surface area contributed by atoms with Crippen molar-refractivity contribution in [2.45, 2.75) is 18.8 Å². The molecule has 5 heteroatoms. The number of nitrogens with one attached hydrogen (secondary N) is 1. The fourth-order valence-electron chi connectivity index (χ4n) is 1.56.